The third-order valence-electron chi connectivity index (χ3n) is 2.93. The van der Waals surface area contributed by atoms with Crippen LogP contribution in [0.3, 0.4) is 0 Å². The molecule has 1 aromatic carbocycles. The zero-order valence-corrected chi connectivity index (χ0v) is 14.1. The minimum atomic E-state index is -3.64. The normalized spacial score (nSPS) is 11.2. The molecular formula is C14H15BrN2O3S. The lowest BCUT2D eigenvalue weighted by Crippen LogP contribution is -2.30. The van der Waals surface area contributed by atoms with Crippen LogP contribution in [0.1, 0.15) is 6.92 Å². The van der Waals surface area contributed by atoms with E-state index in [1.165, 1.54) is 29.7 Å². The monoisotopic (exact) mass is 370 g/mol. The van der Waals surface area contributed by atoms with Crippen LogP contribution in [0.4, 0.5) is 5.69 Å². The number of ether oxygens (including phenoxy) is 1. The van der Waals surface area contributed by atoms with Gasteiger partial charge in [-0.25, -0.2) is 8.42 Å². The molecule has 0 radical (unpaired) electrons. The highest BCUT2D eigenvalue weighted by molar-refractivity contribution is 9.10. The van der Waals surface area contributed by atoms with Gasteiger partial charge in [0.2, 0.25) is 0 Å². The quantitative estimate of drug-likeness (QED) is 0.811. The van der Waals surface area contributed by atoms with Crippen molar-refractivity contribution in [3.63, 3.8) is 0 Å². The summed E-state index contributed by atoms with van der Waals surface area (Å²) in [6.07, 6.45) is 3.13. The average molecular weight is 371 g/mol. The van der Waals surface area contributed by atoms with Gasteiger partial charge in [-0.05, 0) is 53.2 Å². The van der Waals surface area contributed by atoms with Crippen LogP contribution in [0.15, 0.2) is 52.1 Å². The van der Waals surface area contributed by atoms with Crippen molar-refractivity contribution in [1.82, 2.24) is 4.98 Å². The number of halogens is 1. The highest BCUT2D eigenvalue weighted by atomic mass is 79.9. The Bertz CT molecular complexity index is 720. The van der Waals surface area contributed by atoms with E-state index in [1.807, 2.05) is 0 Å². The van der Waals surface area contributed by atoms with Crippen LogP contribution < -0.4 is 9.04 Å². The second-order valence-corrected chi connectivity index (χ2v) is 6.89. The first-order valence-electron chi connectivity index (χ1n) is 6.27. The SMILES string of the molecule is CCN(c1cccnc1)S(=O)(=O)c1ccc(OC)c(Br)c1. The molecule has 0 atom stereocenters. The molecule has 1 aromatic heterocycles. The minimum Gasteiger partial charge on any atom is -0.496 e. The van der Waals surface area contributed by atoms with Crippen molar-refractivity contribution in [3.8, 4) is 5.75 Å². The van der Waals surface area contributed by atoms with Gasteiger partial charge in [0.1, 0.15) is 5.75 Å². The predicted octanol–water partition coefficient (Wildman–Crippen LogP) is 3.07. The number of pyridine rings is 1. The fourth-order valence-electron chi connectivity index (χ4n) is 1.93. The van der Waals surface area contributed by atoms with Crippen LogP contribution in [0.2, 0.25) is 0 Å². The van der Waals surface area contributed by atoms with Crippen LogP contribution in [-0.2, 0) is 10.0 Å². The molecule has 5 nitrogen and oxygen atoms in total. The minimum absolute atomic E-state index is 0.195. The Morgan fingerprint density at radius 1 is 1.33 bits per heavy atom. The molecule has 2 aromatic rings. The van der Waals surface area contributed by atoms with Gasteiger partial charge in [-0.15, -0.1) is 0 Å². The zero-order chi connectivity index (χ0) is 15.5. The Kier molecular flexibility index (Phi) is 4.84. The Morgan fingerprint density at radius 3 is 2.62 bits per heavy atom. The molecule has 0 bridgehead atoms. The molecule has 2 rings (SSSR count). The van der Waals surface area contributed by atoms with Crippen LogP contribution in [0.5, 0.6) is 5.75 Å². The summed E-state index contributed by atoms with van der Waals surface area (Å²) in [7, 11) is -2.11. The highest BCUT2D eigenvalue weighted by Gasteiger charge is 2.24. The van der Waals surface area contributed by atoms with Crippen molar-refractivity contribution in [2.75, 3.05) is 18.0 Å². The highest BCUT2D eigenvalue weighted by Crippen LogP contribution is 2.30. The van der Waals surface area contributed by atoms with E-state index in [9.17, 15) is 8.42 Å². The van der Waals surface area contributed by atoms with Crippen LogP contribution in [-0.4, -0.2) is 27.1 Å². The van der Waals surface area contributed by atoms with Crippen LogP contribution >= 0.6 is 15.9 Å². The number of nitrogens with zero attached hydrogens (tertiary/aromatic N) is 2. The predicted molar refractivity (Wildman–Crippen MR) is 85.1 cm³/mol. The van der Waals surface area contributed by atoms with Gasteiger partial charge in [-0.3, -0.25) is 9.29 Å². The first kappa shape index (κ1) is 15.8. The number of anilines is 1. The second-order valence-electron chi connectivity index (χ2n) is 4.18. The van der Waals surface area contributed by atoms with Gasteiger partial charge in [0.25, 0.3) is 10.0 Å². The lowest BCUT2D eigenvalue weighted by atomic mass is 10.3. The third-order valence-corrected chi connectivity index (χ3v) is 5.45. The number of hydrogen-bond donors (Lipinski definition) is 0. The van der Waals surface area contributed by atoms with E-state index in [-0.39, 0.29) is 4.90 Å². The van der Waals surface area contributed by atoms with Crippen molar-refractivity contribution in [3.05, 3.63) is 47.2 Å². The van der Waals surface area contributed by atoms with Crippen molar-refractivity contribution in [2.24, 2.45) is 0 Å². The first-order chi connectivity index (χ1) is 10.0. The van der Waals surface area contributed by atoms with Crippen LogP contribution in [0, 0.1) is 0 Å². The van der Waals surface area contributed by atoms with Crippen LogP contribution in [0.25, 0.3) is 0 Å². The number of methoxy groups -OCH3 is 1. The molecule has 0 N–H and O–H groups in total. The van der Waals surface area contributed by atoms with E-state index in [2.05, 4.69) is 20.9 Å². The fourth-order valence-corrected chi connectivity index (χ4v) is 4.11. The number of sulfonamides is 1. The van der Waals surface area contributed by atoms with Crippen molar-refractivity contribution in [2.45, 2.75) is 11.8 Å². The van der Waals surface area contributed by atoms with E-state index in [0.29, 0.717) is 22.5 Å². The molecule has 0 spiro atoms. The summed E-state index contributed by atoms with van der Waals surface area (Å²) < 4.78 is 32.5. The maximum atomic E-state index is 12.8. The summed E-state index contributed by atoms with van der Waals surface area (Å²) in [6, 6.07) is 8.10. The van der Waals surface area contributed by atoms with E-state index < -0.39 is 10.0 Å². The summed E-state index contributed by atoms with van der Waals surface area (Å²) in [5.41, 5.74) is 0.534. The largest absolute Gasteiger partial charge is 0.496 e. The molecule has 0 aliphatic heterocycles. The van der Waals surface area contributed by atoms with Crippen molar-refractivity contribution < 1.29 is 13.2 Å². The van der Waals surface area contributed by atoms with Crippen molar-refractivity contribution in [1.29, 1.82) is 0 Å². The van der Waals surface area contributed by atoms with Crippen molar-refractivity contribution >= 4 is 31.6 Å². The number of rotatable bonds is 5. The summed E-state index contributed by atoms with van der Waals surface area (Å²) in [5, 5.41) is 0. The molecule has 0 amide bonds. The average Bonchev–Trinajstić information content (AvgIpc) is 2.48. The summed E-state index contributed by atoms with van der Waals surface area (Å²) in [6.45, 7) is 2.10. The molecule has 0 aliphatic carbocycles. The summed E-state index contributed by atoms with van der Waals surface area (Å²) in [4.78, 5) is 4.17. The van der Waals surface area contributed by atoms with Gasteiger partial charge >= 0.3 is 0 Å². The topological polar surface area (TPSA) is 59.5 Å². The van der Waals surface area contributed by atoms with Gasteiger partial charge in [0.05, 0.1) is 28.4 Å². The Labute approximate surface area is 132 Å². The van der Waals surface area contributed by atoms with Gasteiger partial charge in [0, 0.05) is 12.7 Å². The van der Waals surface area contributed by atoms with E-state index in [1.54, 1.807) is 31.3 Å². The number of hydrogen-bond acceptors (Lipinski definition) is 4. The molecule has 0 fully saturated rings. The molecule has 0 unspecified atom stereocenters. The molecule has 7 heteroatoms. The maximum absolute atomic E-state index is 12.8. The lowest BCUT2D eigenvalue weighted by Gasteiger charge is -2.22. The molecule has 21 heavy (non-hydrogen) atoms. The van der Waals surface area contributed by atoms with E-state index >= 15 is 0 Å². The number of benzene rings is 1. The molecule has 1 heterocycles. The zero-order valence-electron chi connectivity index (χ0n) is 11.7. The lowest BCUT2D eigenvalue weighted by molar-refractivity contribution is 0.411. The number of aromatic nitrogens is 1. The first-order valence-corrected chi connectivity index (χ1v) is 8.50. The van der Waals surface area contributed by atoms with E-state index in [0.717, 1.165) is 0 Å². The smallest absolute Gasteiger partial charge is 0.264 e. The molecule has 0 saturated carbocycles. The summed E-state index contributed by atoms with van der Waals surface area (Å²) in [5.74, 6) is 0.582. The molecule has 112 valence electrons. The second kappa shape index (κ2) is 6.44. The van der Waals surface area contributed by atoms with Gasteiger partial charge in [-0.1, -0.05) is 0 Å². The van der Waals surface area contributed by atoms with Gasteiger partial charge in [-0.2, -0.15) is 0 Å². The molecule has 0 aliphatic rings. The standard InChI is InChI=1S/C14H15BrN2O3S/c1-3-17(11-5-4-8-16-10-11)21(18,19)12-6-7-14(20-2)13(15)9-12/h4-10H,3H2,1-2H3. The van der Waals surface area contributed by atoms with Gasteiger partial charge < -0.3 is 4.74 Å². The van der Waals surface area contributed by atoms with E-state index in [4.69, 9.17) is 4.74 Å². The summed E-state index contributed by atoms with van der Waals surface area (Å²) >= 11 is 3.31. The maximum Gasteiger partial charge on any atom is 0.264 e. The van der Waals surface area contributed by atoms with Gasteiger partial charge in [0.15, 0.2) is 0 Å². The third kappa shape index (κ3) is 3.19. The Balaban J connectivity index is 2.47. The molecule has 0 saturated heterocycles. The fraction of sp³-hybridized carbons (Fsp3) is 0.214. The Hall–Kier alpha value is -1.60. The molecular weight excluding hydrogens is 356 g/mol. The Morgan fingerprint density at radius 2 is 2.10 bits per heavy atom.